The Labute approximate surface area is 112 Å². The summed E-state index contributed by atoms with van der Waals surface area (Å²) in [7, 11) is 1.66. The Hall–Kier alpha value is -1.18. The van der Waals surface area contributed by atoms with E-state index >= 15 is 0 Å². The predicted molar refractivity (Wildman–Crippen MR) is 70.0 cm³/mol. The third kappa shape index (κ3) is 3.89. The van der Waals surface area contributed by atoms with Crippen LogP contribution in [0.15, 0.2) is 4.42 Å². The number of aliphatic hydroxyl groups is 1. The highest BCUT2D eigenvalue weighted by Crippen LogP contribution is 2.28. The van der Waals surface area contributed by atoms with Crippen molar-refractivity contribution in [3.8, 4) is 0 Å². The fourth-order valence-electron chi connectivity index (χ4n) is 2.04. The second-order valence-electron chi connectivity index (χ2n) is 4.65. The van der Waals surface area contributed by atoms with Gasteiger partial charge in [0.2, 0.25) is 5.89 Å². The molecule has 0 bridgehead atoms. The Morgan fingerprint density at radius 2 is 2.32 bits per heavy atom. The molecule has 0 aliphatic heterocycles. The van der Waals surface area contributed by atoms with Crippen molar-refractivity contribution in [3.63, 3.8) is 0 Å². The molecular weight excluding hydrogens is 248 g/mol. The van der Waals surface area contributed by atoms with Crippen molar-refractivity contribution >= 4 is 6.01 Å². The van der Waals surface area contributed by atoms with E-state index < -0.39 is 0 Å². The Balaban J connectivity index is 1.86. The molecule has 0 atom stereocenters. The summed E-state index contributed by atoms with van der Waals surface area (Å²) < 4.78 is 10.6. The molecule has 1 aliphatic carbocycles. The number of anilines is 1. The highest BCUT2D eigenvalue weighted by Gasteiger charge is 2.28. The van der Waals surface area contributed by atoms with Crippen LogP contribution in [-0.4, -0.2) is 54.8 Å². The molecule has 0 amide bonds. The first kappa shape index (κ1) is 14.2. The summed E-state index contributed by atoms with van der Waals surface area (Å²) in [5.74, 6) is 0.563. The number of methoxy groups -OCH3 is 1. The number of aliphatic hydroxyl groups excluding tert-OH is 1. The molecule has 7 heteroatoms. The van der Waals surface area contributed by atoms with Crippen molar-refractivity contribution in [2.75, 3.05) is 38.3 Å². The van der Waals surface area contributed by atoms with Crippen LogP contribution in [0.25, 0.3) is 0 Å². The van der Waals surface area contributed by atoms with E-state index in [0.29, 0.717) is 37.6 Å². The minimum absolute atomic E-state index is 0.0975. The number of ether oxygens (including phenoxy) is 1. The van der Waals surface area contributed by atoms with Crippen LogP contribution in [0.4, 0.5) is 6.01 Å². The average Bonchev–Trinajstić information content (AvgIpc) is 2.80. The van der Waals surface area contributed by atoms with Gasteiger partial charge in [-0.1, -0.05) is 5.10 Å². The molecule has 0 unspecified atom stereocenters. The maximum atomic E-state index is 9.12. The van der Waals surface area contributed by atoms with E-state index in [1.807, 2.05) is 4.90 Å². The van der Waals surface area contributed by atoms with Crippen LogP contribution < -0.4 is 10.2 Å². The number of nitrogens with one attached hydrogen (secondary N) is 1. The molecule has 1 aromatic heterocycles. The average molecular weight is 270 g/mol. The van der Waals surface area contributed by atoms with Crippen LogP contribution in [0.3, 0.4) is 0 Å². The smallest absolute Gasteiger partial charge is 0.318 e. The van der Waals surface area contributed by atoms with Gasteiger partial charge in [0.15, 0.2) is 0 Å². The SMILES string of the molecule is COCCNCc1nnc(N(CCO)C2CCC2)o1. The van der Waals surface area contributed by atoms with E-state index in [2.05, 4.69) is 15.5 Å². The first-order valence-electron chi connectivity index (χ1n) is 6.74. The number of hydrogen-bond donors (Lipinski definition) is 2. The van der Waals surface area contributed by atoms with Crippen molar-refractivity contribution in [1.29, 1.82) is 0 Å². The van der Waals surface area contributed by atoms with Gasteiger partial charge in [0.1, 0.15) is 0 Å². The van der Waals surface area contributed by atoms with Crippen LogP contribution >= 0.6 is 0 Å². The topological polar surface area (TPSA) is 83.7 Å². The molecule has 7 nitrogen and oxygen atoms in total. The van der Waals surface area contributed by atoms with Gasteiger partial charge in [0, 0.05) is 26.2 Å². The lowest BCUT2D eigenvalue weighted by Gasteiger charge is -2.35. The van der Waals surface area contributed by atoms with Gasteiger partial charge in [0.25, 0.3) is 0 Å². The monoisotopic (exact) mass is 270 g/mol. The maximum absolute atomic E-state index is 9.12. The van der Waals surface area contributed by atoms with E-state index in [4.69, 9.17) is 14.3 Å². The molecule has 2 N–H and O–H groups in total. The number of rotatable bonds is 9. The molecule has 0 saturated heterocycles. The predicted octanol–water partition coefficient (Wildman–Crippen LogP) is 0.157. The standard InChI is InChI=1S/C12H22N4O3/c1-18-8-5-13-9-11-14-15-12(19-11)16(6-7-17)10-3-2-4-10/h10,13,17H,2-9H2,1H3. The third-order valence-corrected chi connectivity index (χ3v) is 3.32. The van der Waals surface area contributed by atoms with E-state index in [-0.39, 0.29) is 6.61 Å². The molecule has 1 fully saturated rings. The zero-order valence-corrected chi connectivity index (χ0v) is 11.3. The molecule has 0 radical (unpaired) electrons. The molecule has 2 rings (SSSR count). The normalized spacial score (nSPS) is 15.5. The van der Waals surface area contributed by atoms with Gasteiger partial charge >= 0.3 is 6.01 Å². The fraction of sp³-hybridized carbons (Fsp3) is 0.833. The summed E-state index contributed by atoms with van der Waals surface area (Å²) in [6.45, 7) is 2.58. The highest BCUT2D eigenvalue weighted by atomic mass is 16.5. The van der Waals surface area contributed by atoms with Gasteiger partial charge in [0.05, 0.1) is 19.8 Å². The van der Waals surface area contributed by atoms with Gasteiger partial charge in [-0.05, 0) is 19.3 Å². The molecule has 0 aromatic carbocycles. The van der Waals surface area contributed by atoms with Crippen LogP contribution in [0.5, 0.6) is 0 Å². The van der Waals surface area contributed by atoms with Gasteiger partial charge in [-0.25, -0.2) is 0 Å². The molecule has 1 heterocycles. The molecule has 0 spiro atoms. The van der Waals surface area contributed by atoms with Crippen LogP contribution in [0.2, 0.25) is 0 Å². The lowest BCUT2D eigenvalue weighted by Crippen LogP contribution is -2.42. The van der Waals surface area contributed by atoms with E-state index in [1.165, 1.54) is 6.42 Å². The summed E-state index contributed by atoms with van der Waals surface area (Å²) >= 11 is 0. The second-order valence-corrected chi connectivity index (χ2v) is 4.65. The van der Waals surface area contributed by atoms with Gasteiger partial charge in [-0.2, -0.15) is 0 Å². The summed E-state index contributed by atoms with van der Waals surface area (Å²) in [6, 6.07) is 0.948. The Morgan fingerprint density at radius 3 is 2.95 bits per heavy atom. The number of aromatic nitrogens is 2. The third-order valence-electron chi connectivity index (χ3n) is 3.32. The van der Waals surface area contributed by atoms with E-state index in [1.54, 1.807) is 7.11 Å². The molecule has 108 valence electrons. The van der Waals surface area contributed by atoms with Crippen molar-refractivity contribution in [2.24, 2.45) is 0 Å². The molecule has 1 aromatic rings. The summed E-state index contributed by atoms with van der Waals surface area (Å²) in [5.41, 5.74) is 0. The van der Waals surface area contributed by atoms with Crippen molar-refractivity contribution in [3.05, 3.63) is 5.89 Å². The zero-order chi connectivity index (χ0) is 13.5. The first-order valence-corrected chi connectivity index (χ1v) is 6.74. The highest BCUT2D eigenvalue weighted by molar-refractivity contribution is 5.27. The summed E-state index contributed by atoms with van der Waals surface area (Å²) in [4.78, 5) is 2.01. The lowest BCUT2D eigenvalue weighted by atomic mass is 9.92. The van der Waals surface area contributed by atoms with Crippen molar-refractivity contribution in [1.82, 2.24) is 15.5 Å². The van der Waals surface area contributed by atoms with Gasteiger partial charge in [-0.15, -0.1) is 5.10 Å². The maximum Gasteiger partial charge on any atom is 0.318 e. The van der Waals surface area contributed by atoms with Gasteiger partial charge in [-0.3, -0.25) is 0 Å². The Morgan fingerprint density at radius 1 is 1.47 bits per heavy atom. The Bertz CT molecular complexity index is 368. The van der Waals surface area contributed by atoms with E-state index in [9.17, 15) is 0 Å². The summed E-state index contributed by atoms with van der Waals surface area (Å²) in [6.07, 6.45) is 3.49. The quantitative estimate of drug-likeness (QED) is 0.618. The number of nitrogens with zero attached hydrogens (tertiary/aromatic N) is 3. The first-order chi connectivity index (χ1) is 9.35. The second kappa shape index (κ2) is 7.42. The van der Waals surface area contributed by atoms with Crippen LogP contribution in [0, 0.1) is 0 Å². The summed E-state index contributed by atoms with van der Waals surface area (Å²) in [5, 5.41) is 20.3. The Kier molecular flexibility index (Phi) is 5.56. The fourth-order valence-corrected chi connectivity index (χ4v) is 2.04. The molecule has 1 aliphatic rings. The largest absolute Gasteiger partial charge is 0.407 e. The molecular formula is C12H22N4O3. The number of hydrogen-bond acceptors (Lipinski definition) is 7. The van der Waals surface area contributed by atoms with Crippen LogP contribution in [-0.2, 0) is 11.3 Å². The van der Waals surface area contributed by atoms with Gasteiger partial charge < -0.3 is 24.5 Å². The van der Waals surface area contributed by atoms with Crippen molar-refractivity contribution in [2.45, 2.75) is 31.8 Å². The zero-order valence-electron chi connectivity index (χ0n) is 11.3. The van der Waals surface area contributed by atoms with Crippen molar-refractivity contribution < 1.29 is 14.3 Å². The molecule has 19 heavy (non-hydrogen) atoms. The minimum Gasteiger partial charge on any atom is -0.407 e. The van der Waals surface area contributed by atoms with E-state index in [0.717, 1.165) is 19.4 Å². The lowest BCUT2D eigenvalue weighted by molar-refractivity contribution is 0.198. The van der Waals surface area contributed by atoms with Crippen LogP contribution in [0.1, 0.15) is 25.2 Å². The minimum atomic E-state index is 0.0975. The molecule has 1 saturated carbocycles.